The molecule has 5 rings (SSSR count). The minimum absolute atomic E-state index is 0.0395. The molecule has 1 aromatic heterocycles. The number of likely N-dealkylation sites (N-methyl/N-ethyl adjacent to an activating group) is 1. The van der Waals surface area contributed by atoms with E-state index in [0.29, 0.717) is 49.2 Å². The summed E-state index contributed by atoms with van der Waals surface area (Å²) in [5.74, 6) is -1.50. The number of amides is 1. The molecule has 0 spiro atoms. The minimum Gasteiger partial charge on any atom is -0.379 e. The maximum atomic E-state index is 15.2. The van der Waals surface area contributed by atoms with Gasteiger partial charge in [0.25, 0.3) is 5.91 Å². The van der Waals surface area contributed by atoms with Crippen molar-refractivity contribution in [3.05, 3.63) is 81.5 Å². The van der Waals surface area contributed by atoms with Crippen LogP contribution in [0.4, 0.5) is 28.9 Å². The molecule has 8 nitrogen and oxygen atoms in total. The number of carbonyl (C=O) groups excluding carboxylic acids is 1. The fourth-order valence-corrected chi connectivity index (χ4v) is 5.54. The third-order valence-electron chi connectivity index (χ3n) is 7.71. The molecule has 0 saturated carbocycles. The first-order chi connectivity index (χ1) is 20.0. The van der Waals surface area contributed by atoms with Gasteiger partial charge in [0.15, 0.2) is 0 Å². The van der Waals surface area contributed by atoms with E-state index in [-0.39, 0.29) is 11.7 Å². The Kier molecular flexibility index (Phi) is 8.67. The number of hydrogen-bond acceptors (Lipinski definition) is 6. The molecule has 0 radical (unpaired) electrons. The molecular weight excluding hydrogens is 554 g/mol. The fraction of sp³-hybridized carbons (Fsp3) is 0.400. The van der Waals surface area contributed by atoms with Gasteiger partial charge in [-0.2, -0.15) is 13.2 Å². The highest BCUT2D eigenvalue weighted by Gasteiger charge is 2.36. The van der Waals surface area contributed by atoms with Crippen LogP contribution in [0.1, 0.15) is 28.4 Å². The van der Waals surface area contributed by atoms with Gasteiger partial charge in [0.1, 0.15) is 5.82 Å². The molecule has 2 fully saturated rings. The average Bonchev–Trinajstić information content (AvgIpc) is 2.94. The minimum atomic E-state index is -4.92. The number of anilines is 2. The van der Waals surface area contributed by atoms with Crippen molar-refractivity contribution < 1.29 is 27.1 Å². The number of benzene rings is 2. The number of aromatic nitrogens is 1. The van der Waals surface area contributed by atoms with E-state index in [0.717, 1.165) is 37.9 Å². The van der Waals surface area contributed by atoms with Crippen molar-refractivity contribution >= 4 is 17.3 Å². The highest BCUT2D eigenvalue weighted by atomic mass is 19.4. The summed E-state index contributed by atoms with van der Waals surface area (Å²) in [6.45, 7) is 7.55. The van der Waals surface area contributed by atoms with Gasteiger partial charge in [-0.3, -0.25) is 14.5 Å². The summed E-state index contributed by atoms with van der Waals surface area (Å²) in [6, 6.07) is 10.4. The molecular formula is C30H33F4N5O3. The van der Waals surface area contributed by atoms with Crippen LogP contribution in [0.3, 0.4) is 0 Å². The molecule has 3 heterocycles. The lowest BCUT2D eigenvalue weighted by Gasteiger charge is -2.40. The number of nitrogens with zero attached hydrogens (tertiary/aromatic N) is 3. The highest BCUT2D eigenvalue weighted by Crippen LogP contribution is 2.36. The number of hydrogen-bond donors (Lipinski definition) is 2. The lowest BCUT2D eigenvalue weighted by atomic mass is 9.99. The molecule has 1 atom stereocenters. The lowest BCUT2D eigenvalue weighted by molar-refractivity contribution is -0.138. The summed E-state index contributed by atoms with van der Waals surface area (Å²) in [6.07, 6.45) is -4.15. The van der Waals surface area contributed by atoms with E-state index >= 15 is 4.39 Å². The molecule has 42 heavy (non-hydrogen) atoms. The smallest absolute Gasteiger partial charge is 0.379 e. The van der Waals surface area contributed by atoms with Gasteiger partial charge in [-0.15, -0.1) is 0 Å². The Morgan fingerprint density at radius 3 is 2.55 bits per heavy atom. The quantitative estimate of drug-likeness (QED) is 0.416. The van der Waals surface area contributed by atoms with Crippen LogP contribution >= 0.6 is 0 Å². The second-order valence-electron chi connectivity index (χ2n) is 10.8. The number of nitrogens with one attached hydrogen (secondary N) is 2. The summed E-state index contributed by atoms with van der Waals surface area (Å²) >= 11 is 0. The van der Waals surface area contributed by atoms with Crippen molar-refractivity contribution in [1.29, 1.82) is 0 Å². The van der Waals surface area contributed by atoms with E-state index in [2.05, 4.69) is 25.0 Å². The standard InChI is InChI=1S/C30H33F4N5O3/c1-19-17-37(2)7-8-39(19)27-6-4-21(22-13-20(3-5-25(22)31)18-38-9-11-42-12-10-38)14-26(27)36-29(41)23-16-35-28(40)15-24(23)30(32,33)34/h3-6,13-16,19H,7-12,17-18H2,1-2H3,(H,35,40)(H,36,41)/t19-/m1/s1. The van der Waals surface area contributed by atoms with Crippen molar-refractivity contribution in [3.8, 4) is 11.1 Å². The number of ether oxygens (including phenoxy) is 1. The summed E-state index contributed by atoms with van der Waals surface area (Å²) < 4.78 is 61.8. The van der Waals surface area contributed by atoms with Gasteiger partial charge in [0.2, 0.25) is 5.56 Å². The molecule has 2 aliphatic rings. The van der Waals surface area contributed by atoms with Gasteiger partial charge in [-0.1, -0.05) is 12.1 Å². The Morgan fingerprint density at radius 2 is 1.83 bits per heavy atom. The van der Waals surface area contributed by atoms with E-state index in [9.17, 15) is 22.8 Å². The van der Waals surface area contributed by atoms with E-state index in [4.69, 9.17) is 4.74 Å². The number of alkyl halides is 3. The number of morpholine rings is 1. The second kappa shape index (κ2) is 12.2. The van der Waals surface area contributed by atoms with Crippen LogP contribution in [0.15, 0.2) is 53.5 Å². The second-order valence-corrected chi connectivity index (χ2v) is 10.8. The average molecular weight is 588 g/mol. The van der Waals surface area contributed by atoms with Crippen molar-refractivity contribution in [3.63, 3.8) is 0 Å². The summed E-state index contributed by atoms with van der Waals surface area (Å²) in [4.78, 5) is 33.6. The molecule has 2 aromatic carbocycles. The summed E-state index contributed by atoms with van der Waals surface area (Å²) in [5, 5.41) is 2.64. The Bertz CT molecular complexity index is 1500. The molecule has 0 unspecified atom stereocenters. The number of rotatable bonds is 6. The Morgan fingerprint density at radius 1 is 1.07 bits per heavy atom. The summed E-state index contributed by atoms with van der Waals surface area (Å²) in [5.41, 5.74) is -0.496. The first-order valence-electron chi connectivity index (χ1n) is 13.8. The maximum Gasteiger partial charge on any atom is 0.417 e. The van der Waals surface area contributed by atoms with E-state index in [1.165, 1.54) is 6.07 Å². The van der Waals surface area contributed by atoms with Gasteiger partial charge in [0, 0.05) is 63.1 Å². The van der Waals surface area contributed by atoms with Crippen LogP contribution in [-0.4, -0.2) is 79.7 Å². The SMILES string of the molecule is C[C@@H]1CN(C)CCN1c1ccc(-c2cc(CN3CCOCC3)ccc2F)cc1NC(=O)c1c[nH]c(=O)cc1C(F)(F)F. The van der Waals surface area contributed by atoms with E-state index < -0.39 is 34.6 Å². The molecule has 0 bridgehead atoms. The number of halogens is 4. The number of aromatic amines is 1. The van der Waals surface area contributed by atoms with Crippen molar-refractivity contribution in [2.45, 2.75) is 25.7 Å². The molecule has 2 aliphatic heterocycles. The van der Waals surface area contributed by atoms with Crippen molar-refractivity contribution in [2.75, 3.05) is 63.2 Å². The lowest BCUT2D eigenvalue weighted by Crippen LogP contribution is -2.50. The third kappa shape index (κ3) is 6.66. The number of H-pyrrole nitrogens is 1. The molecule has 2 N–H and O–H groups in total. The molecule has 1 amide bonds. The topological polar surface area (TPSA) is 80.9 Å². The van der Waals surface area contributed by atoms with Crippen LogP contribution in [0.5, 0.6) is 0 Å². The van der Waals surface area contributed by atoms with Gasteiger partial charge in [0.05, 0.1) is 35.7 Å². The predicted molar refractivity (Wildman–Crippen MR) is 152 cm³/mol. The number of carbonyl (C=O) groups is 1. The monoisotopic (exact) mass is 587 g/mol. The molecule has 224 valence electrons. The Labute approximate surface area is 240 Å². The van der Waals surface area contributed by atoms with Crippen molar-refractivity contribution in [2.24, 2.45) is 0 Å². The van der Waals surface area contributed by atoms with Crippen LogP contribution in [0, 0.1) is 5.82 Å². The number of pyridine rings is 1. The normalized spacial score (nSPS) is 18.7. The zero-order valence-corrected chi connectivity index (χ0v) is 23.4. The van der Waals surface area contributed by atoms with Gasteiger partial charge >= 0.3 is 6.18 Å². The zero-order valence-electron chi connectivity index (χ0n) is 23.4. The number of piperazine rings is 1. The zero-order chi connectivity index (χ0) is 30.0. The first kappa shape index (κ1) is 29.7. The van der Waals surface area contributed by atoms with Gasteiger partial charge in [-0.05, 0) is 49.4 Å². The van der Waals surface area contributed by atoms with Crippen LogP contribution in [0.2, 0.25) is 0 Å². The van der Waals surface area contributed by atoms with E-state index in [1.807, 2.05) is 14.0 Å². The Balaban J connectivity index is 1.53. The van der Waals surface area contributed by atoms with E-state index in [1.54, 1.807) is 30.3 Å². The molecule has 2 saturated heterocycles. The Hall–Kier alpha value is -3.74. The van der Waals surface area contributed by atoms with Crippen LogP contribution in [0.25, 0.3) is 11.1 Å². The summed E-state index contributed by atoms with van der Waals surface area (Å²) in [7, 11) is 2.00. The largest absolute Gasteiger partial charge is 0.417 e. The van der Waals surface area contributed by atoms with Crippen molar-refractivity contribution in [1.82, 2.24) is 14.8 Å². The van der Waals surface area contributed by atoms with Crippen LogP contribution < -0.4 is 15.8 Å². The molecule has 12 heteroatoms. The molecule has 3 aromatic rings. The molecule has 0 aliphatic carbocycles. The maximum absolute atomic E-state index is 15.2. The first-order valence-corrected chi connectivity index (χ1v) is 13.8. The predicted octanol–water partition coefficient (Wildman–Crippen LogP) is 4.42. The van der Waals surface area contributed by atoms with Gasteiger partial charge < -0.3 is 24.8 Å². The third-order valence-corrected chi connectivity index (χ3v) is 7.71. The highest BCUT2D eigenvalue weighted by molar-refractivity contribution is 6.07. The van der Waals surface area contributed by atoms with Gasteiger partial charge in [-0.25, -0.2) is 4.39 Å². The fourth-order valence-electron chi connectivity index (χ4n) is 5.54. The van der Waals surface area contributed by atoms with Crippen LogP contribution in [-0.2, 0) is 17.5 Å².